The molecule has 2 heterocycles. The van der Waals surface area contributed by atoms with E-state index < -0.39 is 0 Å². The first-order chi connectivity index (χ1) is 14.0. The lowest BCUT2D eigenvalue weighted by atomic mass is 9.80. The van der Waals surface area contributed by atoms with Gasteiger partial charge in [0.2, 0.25) is 0 Å². The zero-order valence-corrected chi connectivity index (χ0v) is 18.0. The highest BCUT2D eigenvalue weighted by molar-refractivity contribution is 9.10. The molecule has 2 aliphatic heterocycles. The second-order valence-corrected chi connectivity index (χ2v) is 9.07. The summed E-state index contributed by atoms with van der Waals surface area (Å²) in [6.07, 6.45) is 2.53. The molecule has 5 heteroatoms. The zero-order chi connectivity index (χ0) is 20.3. The number of fused-ring (bicyclic) bond motifs is 5. The predicted octanol–water partition coefficient (Wildman–Crippen LogP) is 5.76. The van der Waals surface area contributed by atoms with Crippen LogP contribution in [0.25, 0.3) is 5.57 Å². The minimum absolute atomic E-state index is 0.0198. The van der Waals surface area contributed by atoms with Crippen LogP contribution in [0.3, 0.4) is 0 Å². The van der Waals surface area contributed by atoms with Crippen LogP contribution in [0.1, 0.15) is 36.5 Å². The number of ether oxygens (including phenoxy) is 2. The van der Waals surface area contributed by atoms with Crippen molar-refractivity contribution in [3.05, 3.63) is 63.3 Å². The highest BCUT2D eigenvalue weighted by Crippen LogP contribution is 2.54. The van der Waals surface area contributed by atoms with Crippen molar-refractivity contribution in [3.8, 4) is 11.5 Å². The number of allylic oxidation sites excluding steroid dienone is 1. The van der Waals surface area contributed by atoms with Crippen LogP contribution in [0.2, 0.25) is 0 Å². The number of aliphatic hydroxyl groups is 1. The Balaban J connectivity index is 1.54. The zero-order valence-electron chi connectivity index (χ0n) is 16.4. The summed E-state index contributed by atoms with van der Waals surface area (Å²) in [7, 11) is 0. The molecule has 2 fully saturated rings. The number of halogens is 1. The molecule has 0 aromatic heterocycles. The number of aliphatic hydroxyl groups excluding tert-OH is 1. The highest BCUT2D eigenvalue weighted by Gasteiger charge is 2.59. The lowest BCUT2D eigenvalue weighted by molar-refractivity contribution is -0.118. The van der Waals surface area contributed by atoms with Gasteiger partial charge in [-0.15, -0.1) is 0 Å². The number of Topliss-reactive ketones (excluding diaryl/α,β-unsaturated/α-hetero) is 1. The van der Waals surface area contributed by atoms with E-state index in [1.807, 2.05) is 43.3 Å². The Morgan fingerprint density at radius 3 is 2.59 bits per heavy atom. The maximum absolute atomic E-state index is 13.3. The monoisotopic (exact) mass is 454 g/mol. The van der Waals surface area contributed by atoms with E-state index in [1.165, 1.54) is 0 Å². The average Bonchev–Trinajstić information content (AvgIpc) is 3.38. The molecule has 3 aliphatic rings. The fraction of sp³-hybridized carbons (Fsp3) is 0.375. The minimum atomic E-state index is -0.230. The molecule has 1 aliphatic carbocycles. The molecule has 2 aromatic rings. The van der Waals surface area contributed by atoms with Crippen molar-refractivity contribution in [1.29, 1.82) is 0 Å². The fourth-order valence-corrected chi connectivity index (χ4v) is 5.58. The van der Waals surface area contributed by atoms with Crippen molar-refractivity contribution in [1.82, 2.24) is 0 Å². The van der Waals surface area contributed by atoms with Crippen LogP contribution >= 0.6 is 15.9 Å². The van der Waals surface area contributed by atoms with Gasteiger partial charge in [-0.3, -0.25) is 4.79 Å². The van der Waals surface area contributed by atoms with E-state index in [2.05, 4.69) is 22.9 Å². The summed E-state index contributed by atoms with van der Waals surface area (Å²) >= 11 is 3.47. The molecule has 0 saturated carbocycles. The Labute approximate surface area is 178 Å². The maximum atomic E-state index is 13.3. The molecule has 5 rings (SSSR count). The van der Waals surface area contributed by atoms with Crippen molar-refractivity contribution in [2.45, 2.75) is 45.3 Å². The van der Waals surface area contributed by atoms with Crippen LogP contribution in [-0.4, -0.2) is 23.1 Å². The first-order valence-corrected chi connectivity index (χ1v) is 11.0. The van der Waals surface area contributed by atoms with Gasteiger partial charge in [0.25, 0.3) is 0 Å². The largest absolute Gasteiger partial charge is 0.511 e. The van der Waals surface area contributed by atoms with Crippen LogP contribution < -0.4 is 4.74 Å². The number of ketones is 1. The summed E-state index contributed by atoms with van der Waals surface area (Å²) in [5, 5.41) is 11.0. The van der Waals surface area contributed by atoms with Crippen LogP contribution in [0, 0.1) is 18.8 Å². The standard InChI is InChI=1S/C24H23BrO4/c1-3-13-4-6-15(28-17-7-5-14(25)10-12(17)2)11-16(13)20-23(26)21-18-8-9-19(29-18)22(21)24(20)27/h4-7,10-11,18-19,21-22,26H,3,8-9H2,1-2H3/t18?,19?,21-,22+/m1/s1. The Morgan fingerprint density at radius 1 is 1.14 bits per heavy atom. The second kappa shape index (κ2) is 6.99. The van der Waals surface area contributed by atoms with Crippen LogP contribution in [0.15, 0.2) is 46.6 Å². The SMILES string of the molecule is CCc1ccc(Oc2ccc(Br)cc2C)cc1C1=C(O)[C@@H]2C3CCC(O3)[C@@H]2C1=O. The molecule has 2 bridgehead atoms. The molecule has 0 amide bonds. The van der Waals surface area contributed by atoms with Crippen molar-refractivity contribution in [2.75, 3.05) is 0 Å². The third kappa shape index (κ3) is 2.94. The lowest BCUT2D eigenvalue weighted by Crippen LogP contribution is -2.29. The van der Waals surface area contributed by atoms with Crippen LogP contribution in [0.5, 0.6) is 11.5 Å². The Bertz CT molecular complexity index is 1040. The van der Waals surface area contributed by atoms with Gasteiger partial charge in [-0.1, -0.05) is 28.9 Å². The van der Waals surface area contributed by atoms with Crippen molar-refractivity contribution in [3.63, 3.8) is 0 Å². The second-order valence-electron chi connectivity index (χ2n) is 8.15. The summed E-state index contributed by atoms with van der Waals surface area (Å²) in [5.74, 6) is 1.24. The summed E-state index contributed by atoms with van der Waals surface area (Å²) in [4.78, 5) is 13.3. The molecular weight excluding hydrogens is 432 g/mol. The van der Waals surface area contributed by atoms with E-state index in [9.17, 15) is 9.90 Å². The fourth-order valence-electron chi connectivity index (χ4n) is 5.10. The third-order valence-corrected chi connectivity index (χ3v) is 6.98. The molecule has 4 nitrogen and oxygen atoms in total. The number of rotatable bonds is 4. The van der Waals surface area contributed by atoms with E-state index >= 15 is 0 Å². The van der Waals surface area contributed by atoms with Gasteiger partial charge in [0.05, 0.1) is 29.6 Å². The van der Waals surface area contributed by atoms with Gasteiger partial charge in [-0.05, 0) is 73.2 Å². The number of carbonyl (C=O) groups excluding carboxylic acids is 1. The van der Waals surface area contributed by atoms with Gasteiger partial charge in [-0.2, -0.15) is 0 Å². The normalized spacial score (nSPS) is 27.6. The van der Waals surface area contributed by atoms with Gasteiger partial charge >= 0.3 is 0 Å². The van der Waals surface area contributed by atoms with E-state index in [0.717, 1.165) is 46.2 Å². The summed E-state index contributed by atoms with van der Waals surface area (Å²) in [6, 6.07) is 11.7. The molecular formula is C24H23BrO4. The molecule has 2 unspecified atom stereocenters. The van der Waals surface area contributed by atoms with Crippen molar-refractivity contribution >= 4 is 27.3 Å². The van der Waals surface area contributed by atoms with Gasteiger partial charge in [0, 0.05) is 4.47 Å². The summed E-state index contributed by atoms with van der Waals surface area (Å²) < 4.78 is 13.0. The van der Waals surface area contributed by atoms with Crippen molar-refractivity contribution < 1.29 is 19.4 Å². The van der Waals surface area contributed by atoms with Crippen LogP contribution in [-0.2, 0) is 16.0 Å². The lowest BCUT2D eigenvalue weighted by Gasteiger charge is -2.19. The Morgan fingerprint density at radius 2 is 1.90 bits per heavy atom. The quantitative estimate of drug-likeness (QED) is 0.637. The van der Waals surface area contributed by atoms with Crippen molar-refractivity contribution in [2.24, 2.45) is 11.8 Å². The molecule has 4 atom stereocenters. The molecule has 2 aromatic carbocycles. The van der Waals surface area contributed by atoms with Gasteiger partial charge in [-0.25, -0.2) is 0 Å². The molecule has 0 spiro atoms. The molecule has 2 saturated heterocycles. The molecule has 1 N–H and O–H groups in total. The summed E-state index contributed by atoms with van der Waals surface area (Å²) in [5.41, 5.74) is 3.31. The van der Waals surface area contributed by atoms with E-state index in [0.29, 0.717) is 11.3 Å². The number of aryl methyl sites for hydroxylation is 2. The number of hydrogen-bond donors (Lipinski definition) is 1. The third-order valence-electron chi connectivity index (χ3n) is 6.49. The first kappa shape index (κ1) is 18.9. The van der Waals surface area contributed by atoms with Gasteiger partial charge in [0.15, 0.2) is 5.78 Å². The highest BCUT2D eigenvalue weighted by atomic mass is 79.9. The smallest absolute Gasteiger partial charge is 0.173 e. The topological polar surface area (TPSA) is 55.8 Å². The van der Waals surface area contributed by atoms with E-state index in [1.54, 1.807) is 0 Å². The summed E-state index contributed by atoms with van der Waals surface area (Å²) in [6.45, 7) is 4.05. The molecule has 29 heavy (non-hydrogen) atoms. The average molecular weight is 455 g/mol. The predicted molar refractivity (Wildman–Crippen MR) is 114 cm³/mol. The number of carbonyl (C=O) groups is 1. The first-order valence-electron chi connectivity index (χ1n) is 10.2. The maximum Gasteiger partial charge on any atom is 0.173 e. The van der Waals surface area contributed by atoms with Crippen LogP contribution in [0.4, 0.5) is 0 Å². The number of hydrogen-bond acceptors (Lipinski definition) is 4. The Hall–Kier alpha value is -2.11. The Kier molecular flexibility index (Phi) is 4.56. The van der Waals surface area contributed by atoms with Gasteiger partial charge in [0.1, 0.15) is 17.3 Å². The van der Waals surface area contributed by atoms with E-state index in [-0.39, 0.29) is 35.6 Å². The van der Waals surface area contributed by atoms with Gasteiger partial charge < -0.3 is 14.6 Å². The molecule has 150 valence electrons. The molecule has 0 radical (unpaired) electrons. The number of benzene rings is 2. The minimum Gasteiger partial charge on any atom is -0.511 e. The van der Waals surface area contributed by atoms with E-state index in [4.69, 9.17) is 9.47 Å².